The summed E-state index contributed by atoms with van der Waals surface area (Å²) in [6.07, 6.45) is 14.6. The normalized spacial score (nSPS) is 22.0. The average Bonchev–Trinajstić information content (AvgIpc) is 2.37. The predicted octanol–water partition coefficient (Wildman–Crippen LogP) is 4.14. The Hall–Kier alpha value is 0.0700. The van der Waals surface area contributed by atoms with Gasteiger partial charge in [-0.2, -0.15) is 0 Å². The minimum absolute atomic E-state index is 0.779. The molecule has 2 aliphatic carbocycles. The maximum atomic E-state index is 10.1. The molecule has 0 aromatic heterocycles. The maximum absolute atomic E-state index is 10.1. The maximum Gasteiger partial charge on any atom is 0.470 e. The monoisotopic (exact) mass is 335 g/mol. The van der Waals surface area contributed by atoms with E-state index in [1.165, 1.54) is 64.2 Å². The van der Waals surface area contributed by atoms with Crippen LogP contribution in [0.5, 0.6) is 0 Å². The summed E-state index contributed by atoms with van der Waals surface area (Å²) in [4.78, 5) is 16.5. The van der Waals surface area contributed by atoms with Gasteiger partial charge in [0.05, 0.1) is 5.60 Å². The highest BCUT2D eigenvalue weighted by atomic mass is 31.2. The quantitative estimate of drug-likeness (QED) is 0.676. The lowest BCUT2D eigenvalue weighted by Gasteiger charge is -2.30. The van der Waals surface area contributed by atoms with Gasteiger partial charge in [-0.3, -0.25) is 4.52 Å². The fraction of sp³-hybridized carbons (Fsp3) is 1.00. The van der Waals surface area contributed by atoms with Crippen LogP contribution < -0.4 is 5.32 Å². The zero-order chi connectivity index (χ0) is 16.6. The van der Waals surface area contributed by atoms with E-state index >= 15 is 0 Å². The number of phosphoric ester groups is 1. The van der Waals surface area contributed by atoms with Gasteiger partial charge >= 0.3 is 7.82 Å². The van der Waals surface area contributed by atoms with Crippen molar-refractivity contribution >= 4 is 7.82 Å². The number of phosphoric acid groups is 1. The van der Waals surface area contributed by atoms with Crippen molar-refractivity contribution in [3.05, 3.63) is 0 Å². The summed E-state index contributed by atoms with van der Waals surface area (Å²) in [7, 11) is -4.29. The van der Waals surface area contributed by atoms with Crippen molar-refractivity contribution in [2.45, 2.75) is 103 Å². The average molecular weight is 335 g/mol. The molecule has 0 heterocycles. The predicted molar refractivity (Wildman–Crippen MR) is 89.8 cm³/mol. The van der Waals surface area contributed by atoms with E-state index in [2.05, 4.69) is 9.84 Å². The Kier molecular flexibility index (Phi) is 8.58. The molecule has 2 aliphatic rings. The Morgan fingerprint density at radius 1 is 0.864 bits per heavy atom. The molecule has 0 atom stereocenters. The van der Waals surface area contributed by atoms with Crippen molar-refractivity contribution in [1.29, 1.82) is 0 Å². The zero-order valence-electron chi connectivity index (χ0n) is 14.4. The molecule has 6 heteroatoms. The van der Waals surface area contributed by atoms with Gasteiger partial charge in [0.1, 0.15) is 0 Å². The van der Waals surface area contributed by atoms with Crippen LogP contribution in [-0.4, -0.2) is 27.5 Å². The van der Waals surface area contributed by atoms with Crippen molar-refractivity contribution < 1.29 is 18.9 Å². The first kappa shape index (κ1) is 20.1. The molecule has 2 saturated carbocycles. The van der Waals surface area contributed by atoms with Crippen molar-refractivity contribution in [2.75, 3.05) is 0 Å². The standard InChI is InChI=1S/C12H23N.C4H11O4P/c1-3-7-11(8-4-1)13-12-9-5-2-6-10-12;1-4(2,3)8-9(5,6)7/h11-13H,1-10H2;1-3H3,(H2,5,6,7). The molecule has 3 N–H and O–H groups in total. The van der Waals surface area contributed by atoms with E-state index in [-0.39, 0.29) is 0 Å². The third-order valence-electron chi connectivity index (χ3n) is 4.07. The highest BCUT2D eigenvalue weighted by molar-refractivity contribution is 7.46. The van der Waals surface area contributed by atoms with Gasteiger partial charge in [0, 0.05) is 12.1 Å². The molecule has 0 aromatic rings. The molecule has 0 unspecified atom stereocenters. The van der Waals surface area contributed by atoms with Gasteiger partial charge in [0.15, 0.2) is 0 Å². The molecule has 0 amide bonds. The minimum atomic E-state index is -4.29. The number of hydrogen-bond donors (Lipinski definition) is 3. The van der Waals surface area contributed by atoms with Crippen LogP contribution in [0.15, 0.2) is 0 Å². The Morgan fingerprint density at radius 2 is 1.23 bits per heavy atom. The smallest absolute Gasteiger partial charge is 0.311 e. The molecule has 0 bridgehead atoms. The largest absolute Gasteiger partial charge is 0.470 e. The van der Waals surface area contributed by atoms with Crippen LogP contribution in [0.3, 0.4) is 0 Å². The van der Waals surface area contributed by atoms with Crippen molar-refractivity contribution in [1.82, 2.24) is 5.32 Å². The highest BCUT2D eigenvalue weighted by Gasteiger charge is 2.23. The molecule has 0 aromatic carbocycles. The molecule has 0 spiro atoms. The summed E-state index contributed by atoms with van der Waals surface area (Å²) in [5.74, 6) is 0. The van der Waals surface area contributed by atoms with E-state index in [4.69, 9.17) is 9.79 Å². The molecule has 132 valence electrons. The molecule has 0 aliphatic heterocycles. The van der Waals surface area contributed by atoms with Gasteiger partial charge in [-0.25, -0.2) is 4.57 Å². The van der Waals surface area contributed by atoms with E-state index in [9.17, 15) is 4.57 Å². The second kappa shape index (κ2) is 9.39. The van der Waals surface area contributed by atoms with E-state index < -0.39 is 13.4 Å². The van der Waals surface area contributed by atoms with Gasteiger partial charge in [0.2, 0.25) is 0 Å². The van der Waals surface area contributed by atoms with Crippen molar-refractivity contribution in [3.8, 4) is 0 Å². The van der Waals surface area contributed by atoms with Crippen LogP contribution >= 0.6 is 7.82 Å². The highest BCUT2D eigenvalue weighted by Crippen LogP contribution is 2.40. The molecule has 2 fully saturated rings. The van der Waals surface area contributed by atoms with Gasteiger partial charge in [-0.1, -0.05) is 38.5 Å². The van der Waals surface area contributed by atoms with Crippen LogP contribution in [0.25, 0.3) is 0 Å². The van der Waals surface area contributed by atoms with E-state index in [0.29, 0.717) is 0 Å². The number of rotatable bonds is 3. The van der Waals surface area contributed by atoms with Crippen LogP contribution in [0, 0.1) is 0 Å². The lowest BCUT2D eigenvalue weighted by molar-refractivity contribution is 0.0810. The molecule has 2 rings (SSSR count). The number of nitrogens with one attached hydrogen (secondary N) is 1. The molecule has 0 saturated heterocycles. The lowest BCUT2D eigenvalue weighted by atomic mass is 9.91. The second-order valence-electron chi connectivity index (χ2n) is 7.53. The molecular weight excluding hydrogens is 301 g/mol. The van der Waals surface area contributed by atoms with Crippen LogP contribution in [-0.2, 0) is 9.09 Å². The van der Waals surface area contributed by atoms with E-state index in [1.54, 1.807) is 20.8 Å². The summed E-state index contributed by atoms with van der Waals surface area (Å²) in [5, 5.41) is 3.86. The topological polar surface area (TPSA) is 78.8 Å². The Morgan fingerprint density at radius 3 is 1.45 bits per heavy atom. The fourth-order valence-corrected chi connectivity index (χ4v) is 3.94. The summed E-state index contributed by atoms with van der Waals surface area (Å²) < 4.78 is 14.4. The minimum Gasteiger partial charge on any atom is -0.311 e. The number of hydrogen-bond acceptors (Lipinski definition) is 3. The third-order valence-corrected chi connectivity index (χ3v) is 4.86. The van der Waals surface area contributed by atoms with Crippen LogP contribution in [0.2, 0.25) is 0 Å². The summed E-state index contributed by atoms with van der Waals surface area (Å²) >= 11 is 0. The Balaban J connectivity index is 0.000000239. The van der Waals surface area contributed by atoms with Crippen LogP contribution in [0.4, 0.5) is 0 Å². The SMILES string of the molecule is C1CCC(NC2CCCCC2)CC1.CC(C)(C)OP(=O)(O)O. The molecule has 22 heavy (non-hydrogen) atoms. The lowest BCUT2D eigenvalue weighted by Crippen LogP contribution is -2.40. The zero-order valence-corrected chi connectivity index (χ0v) is 15.3. The van der Waals surface area contributed by atoms with Gasteiger partial charge in [-0.15, -0.1) is 0 Å². The Bertz CT molecular complexity index is 323. The summed E-state index contributed by atoms with van der Waals surface area (Å²) in [6, 6.07) is 1.74. The van der Waals surface area contributed by atoms with Gasteiger partial charge in [0.25, 0.3) is 0 Å². The first-order valence-electron chi connectivity index (χ1n) is 8.68. The first-order chi connectivity index (χ1) is 10.2. The first-order valence-corrected chi connectivity index (χ1v) is 10.2. The Labute approximate surface area is 135 Å². The van der Waals surface area contributed by atoms with Crippen molar-refractivity contribution in [2.24, 2.45) is 0 Å². The van der Waals surface area contributed by atoms with Gasteiger partial charge < -0.3 is 15.1 Å². The van der Waals surface area contributed by atoms with Crippen molar-refractivity contribution in [3.63, 3.8) is 0 Å². The molecule has 0 radical (unpaired) electrons. The van der Waals surface area contributed by atoms with Crippen LogP contribution in [0.1, 0.15) is 85.0 Å². The third kappa shape index (κ3) is 10.7. The summed E-state index contributed by atoms with van der Waals surface area (Å²) in [6.45, 7) is 4.73. The summed E-state index contributed by atoms with van der Waals surface area (Å²) in [5.41, 5.74) is -0.779. The molecule has 5 nitrogen and oxygen atoms in total. The van der Waals surface area contributed by atoms with Gasteiger partial charge in [-0.05, 0) is 46.5 Å². The fourth-order valence-electron chi connectivity index (χ4n) is 3.23. The van der Waals surface area contributed by atoms with E-state index in [1.807, 2.05) is 0 Å². The molecular formula is C16H34NO4P. The second-order valence-corrected chi connectivity index (χ2v) is 8.69. The van der Waals surface area contributed by atoms with E-state index in [0.717, 1.165) is 12.1 Å².